The van der Waals surface area contributed by atoms with Crippen LogP contribution in [-0.2, 0) is 18.3 Å². The minimum atomic E-state index is -4.28. The topological polar surface area (TPSA) is 46.9 Å². The van der Waals surface area contributed by atoms with Gasteiger partial charge in [0.05, 0.1) is 13.1 Å². The van der Waals surface area contributed by atoms with Crippen LogP contribution in [0.2, 0.25) is 0 Å². The van der Waals surface area contributed by atoms with Crippen molar-refractivity contribution in [3.05, 3.63) is 18.0 Å². The number of halogens is 3. The summed E-state index contributed by atoms with van der Waals surface area (Å²) < 4.78 is 37.0. The Morgan fingerprint density at radius 1 is 1.53 bits per heavy atom. The Bertz CT molecular complexity index is 373. The van der Waals surface area contributed by atoms with E-state index in [4.69, 9.17) is 0 Å². The fraction of sp³-hybridized carbons (Fsp3) is 0.600. The van der Waals surface area contributed by atoms with Crippen LogP contribution in [0.5, 0.6) is 0 Å². The summed E-state index contributed by atoms with van der Waals surface area (Å²) in [4.78, 5) is 11.3. The summed E-state index contributed by atoms with van der Waals surface area (Å²) in [5.74, 6) is -0.240. The van der Waals surface area contributed by atoms with Crippen molar-refractivity contribution in [2.24, 2.45) is 7.05 Å². The molecule has 0 aliphatic heterocycles. The highest BCUT2D eigenvalue weighted by Gasteiger charge is 2.26. The molecule has 4 nitrogen and oxygen atoms in total. The molecule has 1 rings (SSSR count). The highest BCUT2D eigenvalue weighted by Crippen LogP contribution is 2.11. The van der Waals surface area contributed by atoms with E-state index in [0.29, 0.717) is 6.42 Å². The van der Waals surface area contributed by atoms with E-state index in [-0.39, 0.29) is 18.7 Å². The molecule has 0 atom stereocenters. The lowest BCUT2D eigenvalue weighted by Gasteiger charge is -2.07. The molecule has 0 unspecified atom stereocenters. The van der Waals surface area contributed by atoms with E-state index in [1.165, 1.54) is 0 Å². The summed E-state index contributed by atoms with van der Waals surface area (Å²) in [7, 11) is 1.75. The molecule has 0 aromatic carbocycles. The zero-order chi connectivity index (χ0) is 12.9. The van der Waals surface area contributed by atoms with Crippen LogP contribution in [0, 0.1) is 0 Å². The van der Waals surface area contributed by atoms with Crippen LogP contribution >= 0.6 is 0 Å². The van der Waals surface area contributed by atoms with Gasteiger partial charge in [0.15, 0.2) is 0 Å². The van der Waals surface area contributed by atoms with E-state index < -0.39 is 12.7 Å². The summed E-state index contributed by atoms with van der Waals surface area (Å²) in [6.07, 6.45) is -1.96. The van der Waals surface area contributed by atoms with Gasteiger partial charge in [-0.25, -0.2) is 0 Å². The Morgan fingerprint density at radius 3 is 2.76 bits per heavy atom. The van der Waals surface area contributed by atoms with E-state index >= 15 is 0 Å². The number of alkyl halides is 3. The van der Waals surface area contributed by atoms with Crippen molar-refractivity contribution in [3.8, 4) is 0 Å². The molecule has 1 aromatic rings. The largest absolute Gasteiger partial charge is 0.401 e. The molecule has 1 heterocycles. The number of rotatable bonds is 6. The summed E-state index contributed by atoms with van der Waals surface area (Å²) in [6.45, 7) is -1.39. The van der Waals surface area contributed by atoms with Gasteiger partial charge < -0.3 is 5.32 Å². The molecule has 0 saturated heterocycles. The van der Waals surface area contributed by atoms with E-state index in [1.54, 1.807) is 24.0 Å². The van der Waals surface area contributed by atoms with Crippen LogP contribution in [0.1, 0.15) is 12.1 Å². The Labute approximate surface area is 96.8 Å². The lowest BCUT2D eigenvalue weighted by molar-refractivity contribution is -0.127. The number of nitrogens with one attached hydrogen (secondary N) is 1. The first-order chi connectivity index (χ1) is 7.88. The maximum Gasteiger partial charge on any atom is 0.401 e. The average Bonchev–Trinajstić information content (AvgIpc) is 2.59. The van der Waals surface area contributed by atoms with Crippen molar-refractivity contribution in [3.63, 3.8) is 0 Å². The predicted molar refractivity (Wildman–Crippen MR) is 55.5 cm³/mol. The third-order valence-electron chi connectivity index (χ3n) is 2.23. The number of ketones is 1. The van der Waals surface area contributed by atoms with Crippen LogP contribution in [0.3, 0.4) is 0 Å². The monoisotopic (exact) mass is 249 g/mol. The smallest absolute Gasteiger partial charge is 0.302 e. The number of Topliss-reactive ketones (excluding diaryl/α,β-unsaturated/α-hetero) is 1. The number of carbonyl (C=O) groups excluding carboxylic acids is 1. The predicted octanol–water partition coefficient (Wildman–Crippen LogP) is 1.07. The van der Waals surface area contributed by atoms with E-state index in [0.717, 1.165) is 5.69 Å². The molecule has 0 aliphatic rings. The lowest BCUT2D eigenvalue weighted by atomic mass is 10.2. The van der Waals surface area contributed by atoms with Crippen LogP contribution in [0.15, 0.2) is 12.3 Å². The van der Waals surface area contributed by atoms with Gasteiger partial charge in [0.25, 0.3) is 0 Å². The Hall–Kier alpha value is -1.37. The molecule has 0 radical (unpaired) electrons. The molecule has 0 spiro atoms. The second-order valence-corrected chi connectivity index (χ2v) is 3.70. The van der Waals surface area contributed by atoms with Crippen LogP contribution in [-0.4, -0.2) is 34.8 Å². The van der Waals surface area contributed by atoms with Crippen molar-refractivity contribution >= 4 is 5.78 Å². The van der Waals surface area contributed by atoms with Gasteiger partial charge in [-0.3, -0.25) is 9.48 Å². The summed E-state index contributed by atoms with van der Waals surface area (Å²) >= 11 is 0. The number of hydrogen-bond acceptors (Lipinski definition) is 3. The normalized spacial score (nSPS) is 11.8. The fourth-order valence-corrected chi connectivity index (χ4v) is 1.35. The molecule has 0 aliphatic carbocycles. The van der Waals surface area contributed by atoms with Crippen molar-refractivity contribution in [1.29, 1.82) is 0 Å². The number of hydrogen-bond donors (Lipinski definition) is 1. The Balaban J connectivity index is 2.20. The number of nitrogens with zero attached hydrogens (tertiary/aromatic N) is 2. The molecular weight excluding hydrogens is 235 g/mol. The zero-order valence-corrected chi connectivity index (χ0v) is 9.42. The summed E-state index contributed by atoms with van der Waals surface area (Å²) in [5.41, 5.74) is 0.883. The highest BCUT2D eigenvalue weighted by molar-refractivity contribution is 5.80. The quantitative estimate of drug-likeness (QED) is 0.820. The zero-order valence-electron chi connectivity index (χ0n) is 9.42. The summed E-state index contributed by atoms with van der Waals surface area (Å²) in [5, 5.41) is 6.00. The van der Waals surface area contributed by atoms with Crippen LogP contribution in [0.4, 0.5) is 13.2 Å². The second kappa shape index (κ2) is 5.81. The molecule has 0 fully saturated rings. The molecular formula is C10H14F3N3O. The lowest BCUT2D eigenvalue weighted by Crippen LogP contribution is -2.32. The first-order valence-electron chi connectivity index (χ1n) is 5.14. The molecule has 0 amide bonds. The average molecular weight is 249 g/mol. The number of aryl methyl sites for hydroxylation is 2. The van der Waals surface area contributed by atoms with Crippen molar-refractivity contribution < 1.29 is 18.0 Å². The summed E-state index contributed by atoms with van der Waals surface area (Å²) in [6, 6.07) is 1.77. The first kappa shape index (κ1) is 13.7. The molecule has 0 saturated carbocycles. The third-order valence-corrected chi connectivity index (χ3v) is 2.23. The van der Waals surface area contributed by atoms with E-state index in [1.807, 2.05) is 0 Å². The Kier molecular flexibility index (Phi) is 4.68. The van der Waals surface area contributed by atoms with Gasteiger partial charge in [-0.2, -0.15) is 18.3 Å². The first-order valence-corrected chi connectivity index (χ1v) is 5.14. The highest BCUT2D eigenvalue weighted by atomic mass is 19.4. The Morgan fingerprint density at radius 2 is 2.24 bits per heavy atom. The van der Waals surface area contributed by atoms with Crippen molar-refractivity contribution in [2.75, 3.05) is 13.1 Å². The number of aromatic nitrogens is 2. The standard InChI is InChI=1S/C10H14F3N3O/c1-16-8(4-5-15-16)2-3-9(17)6-14-7-10(11,12)13/h4-5,14H,2-3,6-7H2,1H3. The maximum absolute atomic E-state index is 11.8. The molecule has 0 bridgehead atoms. The third kappa shape index (κ3) is 5.48. The van der Waals surface area contributed by atoms with Gasteiger partial charge in [0.2, 0.25) is 0 Å². The molecule has 96 valence electrons. The molecule has 1 aromatic heterocycles. The van der Waals surface area contributed by atoms with Gasteiger partial charge in [0.1, 0.15) is 5.78 Å². The van der Waals surface area contributed by atoms with Gasteiger partial charge in [-0.15, -0.1) is 0 Å². The van der Waals surface area contributed by atoms with E-state index in [9.17, 15) is 18.0 Å². The van der Waals surface area contributed by atoms with Crippen molar-refractivity contribution in [1.82, 2.24) is 15.1 Å². The molecule has 1 N–H and O–H groups in total. The van der Waals surface area contributed by atoms with Gasteiger partial charge in [-0.1, -0.05) is 0 Å². The second-order valence-electron chi connectivity index (χ2n) is 3.70. The SMILES string of the molecule is Cn1nccc1CCC(=O)CNCC(F)(F)F. The maximum atomic E-state index is 11.8. The number of carbonyl (C=O) groups is 1. The van der Waals surface area contributed by atoms with Crippen LogP contribution < -0.4 is 5.32 Å². The van der Waals surface area contributed by atoms with Gasteiger partial charge in [0, 0.05) is 25.4 Å². The van der Waals surface area contributed by atoms with Crippen LogP contribution in [0.25, 0.3) is 0 Å². The van der Waals surface area contributed by atoms with Crippen molar-refractivity contribution in [2.45, 2.75) is 19.0 Å². The minimum absolute atomic E-state index is 0.213. The molecule has 17 heavy (non-hydrogen) atoms. The van der Waals surface area contributed by atoms with Gasteiger partial charge in [-0.05, 0) is 12.5 Å². The van der Waals surface area contributed by atoms with Gasteiger partial charge >= 0.3 is 6.18 Å². The minimum Gasteiger partial charge on any atom is -0.302 e. The fourth-order valence-electron chi connectivity index (χ4n) is 1.35. The van der Waals surface area contributed by atoms with E-state index in [2.05, 4.69) is 10.4 Å². The molecule has 7 heteroatoms.